The summed E-state index contributed by atoms with van der Waals surface area (Å²) in [5, 5.41) is 31.5. The van der Waals surface area contributed by atoms with E-state index in [0.717, 1.165) is 27.7 Å². The number of aliphatic hydroxyl groups is 3. The molecule has 0 amide bonds. The number of ether oxygens (including phenoxy) is 1. The second-order valence-corrected chi connectivity index (χ2v) is 6.68. The molecule has 8 nitrogen and oxygen atoms in total. The number of aromatic nitrogens is 4. The van der Waals surface area contributed by atoms with Gasteiger partial charge in [0.05, 0.1) is 18.0 Å². The number of aromatic amines is 1. The van der Waals surface area contributed by atoms with Crippen LogP contribution in [-0.4, -0.2) is 59.8 Å². The van der Waals surface area contributed by atoms with Crippen molar-refractivity contribution in [1.29, 1.82) is 0 Å². The van der Waals surface area contributed by atoms with E-state index >= 15 is 0 Å². The molecule has 4 heterocycles. The van der Waals surface area contributed by atoms with Crippen molar-refractivity contribution in [3.05, 3.63) is 48.9 Å². The lowest BCUT2D eigenvalue weighted by Gasteiger charge is -2.17. The Kier molecular flexibility index (Phi) is 3.73. The molecule has 4 N–H and O–H groups in total. The monoisotopic (exact) mass is 366 g/mol. The summed E-state index contributed by atoms with van der Waals surface area (Å²) in [5.41, 5.74) is 3.19. The van der Waals surface area contributed by atoms with Crippen molar-refractivity contribution in [2.75, 3.05) is 6.61 Å². The molecule has 4 atom stereocenters. The van der Waals surface area contributed by atoms with Crippen molar-refractivity contribution < 1.29 is 20.1 Å². The van der Waals surface area contributed by atoms with E-state index in [2.05, 4.69) is 15.0 Å². The zero-order chi connectivity index (χ0) is 18.5. The van der Waals surface area contributed by atoms with E-state index < -0.39 is 24.5 Å². The maximum absolute atomic E-state index is 10.3. The highest BCUT2D eigenvalue weighted by atomic mass is 16.6. The molecule has 1 aliphatic heterocycles. The molecule has 1 unspecified atom stereocenters. The molecule has 138 valence electrons. The molecule has 0 saturated carbocycles. The van der Waals surface area contributed by atoms with Crippen LogP contribution < -0.4 is 0 Å². The van der Waals surface area contributed by atoms with Gasteiger partial charge in [-0.25, -0.2) is 9.97 Å². The molecule has 5 rings (SSSR count). The van der Waals surface area contributed by atoms with Gasteiger partial charge in [-0.3, -0.25) is 0 Å². The Morgan fingerprint density at radius 1 is 1.11 bits per heavy atom. The van der Waals surface area contributed by atoms with Crippen LogP contribution in [0, 0.1) is 0 Å². The lowest BCUT2D eigenvalue weighted by molar-refractivity contribution is -0.0508. The van der Waals surface area contributed by atoms with Crippen LogP contribution >= 0.6 is 0 Å². The minimum atomic E-state index is -1.16. The Balaban J connectivity index is 1.61. The topological polar surface area (TPSA) is 116 Å². The highest BCUT2D eigenvalue weighted by Crippen LogP contribution is 2.34. The summed E-state index contributed by atoms with van der Waals surface area (Å²) < 4.78 is 7.29. The quantitative estimate of drug-likeness (QED) is 0.433. The van der Waals surface area contributed by atoms with Crippen LogP contribution in [0.4, 0.5) is 0 Å². The number of nitrogens with one attached hydrogen (secondary N) is 1. The van der Waals surface area contributed by atoms with E-state index in [0.29, 0.717) is 5.65 Å². The van der Waals surface area contributed by atoms with Crippen molar-refractivity contribution in [2.45, 2.75) is 24.5 Å². The van der Waals surface area contributed by atoms with Gasteiger partial charge >= 0.3 is 0 Å². The highest BCUT2D eigenvalue weighted by molar-refractivity contribution is 5.94. The minimum absolute atomic E-state index is 0.372. The maximum Gasteiger partial charge on any atom is 0.164 e. The average molecular weight is 366 g/mol. The van der Waals surface area contributed by atoms with E-state index in [9.17, 15) is 15.3 Å². The highest BCUT2D eigenvalue weighted by Gasteiger charge is 2.43. The van der Waals surface area contributed by atoms with Crippen LogP contribution in [0.2, 0.25) is 0 Å². The first-order valence-electron chi connectivity index (χ1n) is 8.69. The van der Waals surface area contributed by atoms with Gasteiger partial charge in [0.15, 0.2) is 6.23 Å². The number of fused-ring (bicyclic) bond motifs is 2. The molecule has 1 saturated heterocycles. The number of benzene rings is 1. The fourth-order valence-electron chi connectivity index (χ4n) is 3.70. The number of hydrogen-bond acceptors (Lipinski definition) is 6. The lowest BCUT2D eigenvalue weighted by atomic mass is 10.1. The Morgan fingerprint density at radius 2 is 1.96 bits per heavy atom. The maximum atomic E-state index is 10.3. The molecular weight excluding hydrogens is 348 g/mol. The zero-order valence-corrected chi connectivity index (χ0v) is 14.2. The summed E-state index contributed by atoms with van der Waals surface area (Å²) in [4.78, 5) is 12.1. The Hall–Kier alpha value is -2.78. The van der Waals surface area contributed by atoms with E-state index in [1.165, 1.54) is 6.33 Å². The van der Waals surface area contributed by atoms with Gasteiger partial charge in [-0.05, 0) is 18.2 Å². The Morgan fingerprint density at radius 3 is 2.74 bits per heavy atom. The fourth-order valence-corrected chi connectivity index (χ4v) is 3.70. The first-order valence-corrected chi connectivity index (χ1v) is 8.69. The third-order valence-corrected chi connectivity index (χ3v) is 5.09. The minimum Gasteiger partial charge on any atom is -0.394 e. The normalized spacial score (nSPS) is 25.6. The van der Waals surface area contributed by atoms with Crippen molar-refractivity contribution in [3.63, 3.8) is 0 Å². The molecule has 0 spiro atoms. The molecule has 8 heteroatoms. The van der Waals surface area contributed by atoms with Crippen LogP contribution in [0.15, 0.2) is 48.9 Å². The van der Waals surface area contributed by atoms with Crippen LogP contribution in [0.5, 0.6) is 0 Å². The van der Waals surface area contributed by atoms with Crippen molar-refractivity contribution in [2.24, 2.45) is 0 Å². The second kappa shape index (κ2) is 6.14. The van der Waals surface area contributed by atoms with Gasteiger partial charge in [0.1, 0.15) is 30.3 Å². The molecular formula is C19H18N4O4. The second-order valence-electron chi connectivity index (χ2n) is 6.68. The third kappa shape index (κ3) is 2.46. The van der Waals surface area contributed by atoms with Gasteiger partial charge in [0, 0.05) is 22.5 Å². The first kappa shape index (κ1) is 16.4. The largest absolute Gasteiger partial charge is 0.394 e. The lowest BCUT2D eigenvalue weighted by Crippen LogP contribution is -2.33. The molecule has 1 fully saturated rings. The predicted molar refractivity (Wildman–Crippen MR) is 97.8 cm³/mol. The van der Waals surface area contributed by atoms with Crippen molar-refractivity contribution in [1.82, 2.24) is 19.5 Å². The van der Waals surface area contributed by atoms with Gasteiger partial charge in [-0.1, -0.05) is 18.2 Å². The molecule has 1 aliphatic rings. The summed E-state index contributed by atoms with van der Waals surface area (Å²) in [6.45, 7) is -0.372. The zero-order valence-electron chi connectivity index (χ0n) is 14.2. The summed E-state index contributed by atoms with van der Waals surface area (Å²) in [6, 6.07) is 11.9. The van der Waals surface area contributed by atoms with Crippen LogP contribution in [-0.2, 0) is 4.74 Å². The summed E-state index contributed by atoms with van der Waals surface area (Å²) in [6.07, 6.45) is -0.790. The van der Waals surface area contributed by atoms with Crippen LogP contribution in [0.3, 0.4) is 0 Å². The number of hydrogen-bond donors (Lipinski definition) is 4. The first-order chi connectivity index (χ1) is 13.2. The van der Waals surface area contributed by atoms with E-state index in [-0.39, 0.29) is 6.61 Å². The average Bonchev–Trinajstić information content (AvgIpc) is 3.38. The number of rotatable bonds is 3. The summed E-state index contributed by atoms with van der Waals surface area (Å²) in [5.74, 6) is 0. The molecule has 0 aliphatic carbocycles. The van der Waals surface area contributed by atoms with Gasteiger partial charge in [-0.2, -0.15) is 0 Å². The van der Waals surface area contributed by atoms with Gasteiger partial charge in [0.25, 0.3) is 0 Å². The van der Waals surface area contributed by atoms with Gasteiger partial charge in [0.2, 0.25) is 0 Å². The van der Waals surface area contributed by atoms with E-state index in [4.69, 9.17) is 4.74 Å². The Bertz CT molecular complexity index is 1090. The molecule has 0 bridgehead atoms. The Labute approximate surface area is 153 Å². The standard InChI is InChI=1S/C19H18N4O4/c24-8-14-16(25)17(26)19(27-14)23-6-5-11-15(20-9-21-18(11)23)13-7-10-3-1-2-4-12(10)22-13/h1-7,9,14,16-17,19,22,24-26H,8H2/t14?,16-,17-,19+/m0/s1. The molecule has 1 aromatic carbocycles. The van der Waals surface area contributed by atoms with Gasteiger partial charge < -0.3 is 29.6 Å². The van der Waals surface area contributed by atoms with Gasteiger partial charge in [-0.15, -0.1) is 0 Å². The van der Waals surface area contributed by atoms with Crippen LogP contribution in [0.25, 0.3) is 33.3 Å². The molecule has 3 aromatic heterocycles. The SMILES string of the molecule is OCC1O[C@@H](n2ccc3c(-c4cc5ccccc5[nH]4)ncnc32)[C@@H](O)[C@H]1O. The predicted octanol–water partition coefficient (Wildman–Crippen LogP) is 1.19. The van der Waals surface area contributed by atoms with Crippen molar-refractivity contribution in [3.8, 4) is 11.4 Å². The van der Waals surface area contributed by atoms with Crippen molar-refractivity contribution >= 4 is 21.9 Å². The van der Waals surface area contributed by atoms with E-state index in [1.807, 2.05) is 36.4 Å². The van der Waals surface area contributed by atoms with E-state index in [1.54, 1.807) is 10.8 Å². The summed E-state index contributed by atoms with van der Waals surface area (Å²) in [7, 11) is 0. The molecule has 27 heavy (non-hydrogen) atoms. The third-order valence-electron chi connectivity index (χ3n) is 5.09. The number of aliphatic hydroxyl groups excluding tert-OH is 3. The fraction of sp³-hybridized carbons (Fsp3) is 0.263. The molecule has 4 aromatic rings. The molecule has 0 radical (unpaired) electrons. The van der Waals surface area contributed by atoms with Crippen LogP contribution in [0.1, 0.15) is 6.23 Å². The summed E-state index contributed by atoms with van der Waals surface area (Å²) >= 11 is 0. The number of para-hydroxylation sites is 1. The number of nitrogens with zero attached hydrogens (tertiary/aromatic N) is 3. The smallest absolute Gasteiger partial charge is 0.164 e. The number of H-pyrrole nitrogens is 1.